The van der Waals surface area contributed by atoms with Crippen LogP contribution in [0, 0.1) is 0 Å². The van der Waals surface area contributed by atoms with Crippen LogP contribution in [0.5, 0.6) is 0 Å². The highest BCUT2D eigenvalue weighted by Gasteiger charge is 2.19. The lowest BCUT2D eigenvalue weighted by atomic mass is 10.0. The third-order valence-electron chi connectivity index (χ3n) is 14.8. The van der Waals surface area contributed by atoms with E-state index >= 15 is 0 Å². The van der Waals surface area contributed by atoms with Crippen molar-refractivity contribution in [1.82, 2.24) is 0 Å². The number of ether oxygens (including phenoxy) is 3. The summed E-state index contributed by atoms with van der Waals surface area (Å²) in [5, 5.41) is 0. The Balaban J connectivity index is 4.10. The third kappa shape index (κ3) is 58.9. The molecule has 0 saturated carbocycles. The summed E-state index contributed by atoms with van der Waals surface area (Å²) in [4.78, 5) is 38.2. The van der Waals surface area contributed by atoms with Crippen molar-refractivity contribution in [3.8, 4) is 0 Å². The average Bonchev–Trinajstić information content (AvgIpc) is 3.37. The molecule has 0 aromatic heterocycles. The van der Waals surface area contributed by atoms with E-state index in [-0.39, 0.29) is 31.1 Å². The van der Waals surface area contributed by atoms with Crippen LogP contribution in [0.15, 0.2) is 12.2 Å². The van der Waals surface area contributed by atoms with Gasteiger partial charge < -0.3 is 14.2 Å². The Labute approximate surface area is 443 Å². The van der Waals surface area contributed by atoms with E-state index < -0.39 is 6.10 Å². The zero-order chi connectivity index (χ0) is 51.4. The van der Waals surface area contributed by atoms with Crippen LogP contribution < -0.4 is 0 Å². The third-order valence-corrected chi connectivity index (χ3v) is 14.8. The fraction of sp³-hybridized carbons (Fsp3) is 0.923. The number of allylic oxidation sites excluding steroid dienone is 2. The zero-order valence-electron chi connectivity index (χ0n) is 48.3. The van der Waals surface area contributed by atoms with Crippen LogP contribution in [0.2, 0.25) is 0 Å². The number of carbonyl (C=O) groups excluding carboxylic acids is 3. The smallest absolute Gasteiger partial charge is 0.306 e. The second-order valence-electron chi connectivity index (χ2n) is 22.0. The van der Waals surface area contributed by atoms with E-state index in [9.17, 15) is 14.4 Å². The molecule has 1 unspecified atom stereocenters. The van der Waals surface area contributed by atoms with Gasteiger partial charge in [-0.3, -0.25) is 14.4 Å². The molecular weight excluding hydrogens is 877 g/mol. The molecule has 1 atom stereocenters. The number of rotatable bonds is 60. The highest BCUT2D eigenvalue weighted by atomic mass is 16.6. The van der Waals surface area contributed by atoms with E-state index in [0.29, 0.717) is 19.3 Å². The van der Waals surface area contributed by atoms with Crippen molar-refractivity contribution in [3.63, 3.8) is 0 Å². The summed E-state index contributed by atoms with van der Waals surface area (Å²) in [7, 11) is 0. The van der Waals surface area contributed by atoms with E-state index in [2.05, 4.69) is 32.9 Å². The molecule has 6 nitrogen and oxygen atoms in total. The summed E-state index contributed by atoms with van der Waals surface area (Å²) >= 11 is 0. The monoisotopic (exact) mass is 1000 g/mol. The minimum atomic E-state index is -0.769. The molecular formula is C65H124O6. The first kappa shape index (κ1) is 69.2. The van der Waals surface area contributed by atoms with Crippen molar-refractivity contribution in [1.29, 1.82) is 0 Å². The van der Waals surface area contributed by atoms with Gasteiger partial charge in [0.05, 0.1) is 0 Å². The van der Waals surface area contributed by atoms with Gasteiger partial charge in [-0.1, -0.05) is 315 Å². The maximum atomic E-state index is 12.8. The topological polar surface area (TPSA) is 78.9 Å². The van der Waals surface area contributed by atoms with Crippen LogP contribution in [-0.2, 0) is 28.6 Å². The van der Waals surface area contributed by atoms with Gasteiger partial charge in [-0.2, -0.15) is 0 Å². The molecule has 0 aliphatic carbocycles. The average molecular weight is 1000 g/mol. The standard InChI is InChI=1S/C65H124O6/c1-4-7-10-13-16-19-22-25-26-27-28-29-30-31-32-33-34-35-36-37-38-39-41-43-46-49-52-55-58-64(67)70-61-62(60-69-63(66)57-54-51-48-45-42-24-21-18-15-12-9-6-3)71-65(68)59-56-53-50-47-44-40-23-20-17-14-11-8-5-2/h20,23,62H,4-19,21-22,24-61H2,1-3H3/b23-20-. The van der Waals surface area contributed by atoms with Crippen LogP contribution in [0.4, 0.5) is 0 Å². The van der Waals surface area contributed by atoms with Crippen molar-refractivity contribution >= 4 is 17.9 Å². The van der Waals surface area contributed by atoms with Gasteiger partial charge in [-0.05, 0) is 44.9 Å². The molecule has 0 heterocycles. The Morgan fingerprint density at radius 3 is 0.718 bits per heavy atom. The molecule has 0 fully saturated rings. The normalized spacial score (nSPS) is 12.0. The fourth-order valence-corrected chi connectivity index (χ4v) is 9.91. The Hall–Kier alpha value is -1.85. The summed E-state index contributed by atoms with van der Waals surface area (Å²) in [5.41, 5.74) is 0. The van der Waals surface area contributed by atoms with Gasteiger partial charge in [0.25, 0.3) is 0 Å². The second-order valence-corrected chi connectivity index (χ2v) is 22.0. The van der Waals surface area contributed by atoms with E-state index in [1.54, 1.807) is 0 Å². The predicted octanol–water partition coefficient (Wildman–Crippen LogP) is 21.7. The molecule has 0 rings (SSSR count). The van der Waals surface area contributed by atoms with E-state index in [4.69, 9.17) is 14.2 Å². The van der Waals surface area contributed by atoms with Gasteiger partial charge in [0.2, 0.25) is 0 Å². The summed E-state index contributed by atoms with van der Waals surface area (Å²) < 4.78 is 16.9. The summed E-state index contributed by atoms with van der Waals surface area (Å²) in [6.45, 7) is 6.68. The first-order valence-corrected chi connectivity index (χ1v) is 32.2. The van der Waals surface area contributed by atoms with Gasteiger partial charge >= 0.3 is 17.9 Å². The summed E-state index contributed by atoms with van der Waals surface area (Å²) in [6.07, 6.45) is 71.0. The number of hydrogen-bond donors (Lipinski definition) is 0. The maximum absolute atomic E-state index is 12.8. The van der Waals surface area contributed by atoms with Crippen molar-refractivity contribution in [2.75, 3.05) is 13.2 Å². The number of carbonyl (C=O) groups is 3. The van der Waals surface area contributed by atoms with Gasteiger partial charge in [0.1, 0.15) is 13.2 Å². The lowest BCUT2D eigenvalue weighted by Gasteiger charge is -2.18. The van der Waals surface area contributed by atoms with Crippen molar-refractivity contribution in [3.05, 3.63) is 12.2 Å². The minimum Gasteiger partial charge on any atom is -0.462 e. The van der Waals surface area contributed by atoms with Crippen molar-refractivity contribution in [2.45, 2.75) is 374 Å². The van der Waals surface area contributed by atoms with Gasteiger partial charge in [-0.25, -0.2) is 0 Å². The van der Waals surface area contributed by atoms with Crippen molar-refractivity contribution < 1.29 is 28.6 Å². The quantitative estimate of drug-likeness (QED) is 0.0261. The molecule has 0 saturated heterocycles. The molecule has 0 radical (unpaired) electrons. The molecule has 6 heteroatoms. The molecule has 0 spiro atoms. The lowest BCUT2D eigenvalue weighted by Crippen LogP contribution is -2.30. The van der Waals surface area contributed by atoms with Crippen LogP contribution in [0.1, 0.15) is 367 Å². The van der Waals surface area contributed by atoms with Crippen LogP contribution >= 0.6 is 0 Å². The number of unbranched alkanes of at least 4 members (excludes halogenated alkanes) is 47. The number of hydrogen-bond acceptors (Lipinski definition) is 6. The molecule has 0 N–H and O–H groups in total. The molecule has 0 aliphatic rings. The zero-order valence-corrected chi connectivity index (χ0v) is 48.3. The molecule has 0 amide bonds. The van der Waals surface area contributed by atoms with E-state index in [0.717, 1.165) is 64.2 Å². The summed E-state index contributed by atoms with van der Waals surface area (Å²) in [6, 6.07) is 0. The first-order chi connectivity index (χ1) is 35.0. The van der Waals surface area contributed by atoms with Crippen LogP contribution in [0.25, 0.3) is 0 Å². The Morgan fingerprint density at radius 2 is 0.465 bits per heavy atom. The van der Waals surface area contributed by atoms with Gasteiger partial charge in [0.15, 0.2) is 6.10 Å². The Kier molecular flexibility index (Phi) is 59.1. The highest BCUT2D eigenvalue weighted by Crippen LogP contribution is 2.18. The molecule has 0 aromatic carbocycles. The largest absolute Gasteiger partial charge is 0.462 e. The highest BCUT2D eigenvalue weighted by molar-refractivity contribution is 5.71. The lowest BCUT2D eigenvalue weighted by molar-refractivity contribution is -0.167. The Morgan fingerprint density at radius 1 is 0.268 bits per heavy atom. The predicted molar refractivity (Wildman–Crippen MR) is 307 cm³/mol. The number of esters is 3. The fourth-order valence-electron chi connectivity index (χ4n) is 9.91. The molecule has 420 valence electrons. The van der Waals surface area contributed by atoms with E-state index in [1.165, 1.54) is 263 Å². The van der Waals surface area contributed by atoms with Gasteiger partial charge in [0, 0.05) is 19.3 Å². The van der Waals surface area contributed by atoms with Gasteiger partial charge in [-0.15, -0.1) is 0 Å². The second kappa shape index (κ2) is 60.7. The van der Waals surface area contributed by atoms with Crippen LogP contribution in [-0.4, -0.2) is 37.2 Å². The minimum absolute atomic E-state index is 0.0673. The van der Waals surface area contributed by atoms with Crippen LogP contribution in [0.3, 0.4) is 0 Å². The van der Waals surface area contributed by atoms with Crippen molar-refractivity contribution in [2.24, 2.45) is 0 Å². The molecule has 71 heavy (non-hydrogen) atoms. The molecule has 0 aromatic rings. The summed E-state index contributed by atoms with van der Waals surface area (Å²) in [5.74, 6) is -0.850. The maximum Gasteiger partial charge on any atom is 0.306 e. The van der Waals surface area contributed by atoms with E-state index in [1.807, 2.05) is 0 Å². The first-order valence-electron chi connectivity index (χ1n) is 32.2. The SMILES string of the molecule is CCCCCC/C=C\CCCCCCCC(=O)OC(COC(=O)CCCCCCCCCCCCCC)COC(=O)CCCCCCCCCCCCCCCCCCCCCCCCCCCCCC. The molecule has 0 aliphatic heterocycles. The Bertz CT molecular complexity index is 1100. The molecule has 0 bridgehead atoms.